The molecule has 144 valence electrons. The van der Waals surface area contributed by atoms with E-state index in [1.807, 2.05) is 68.3 Å². The standard InChI is InChI=1S/C20H22N6OS/c1-12-7-8-26(23-12)11-13(2)21-20(27)15-10-16(17-6-5-9-28-17)22-19-18(15)14(3)24-25(19)4/h5-10,13H,11H2,1-4H3,(H,21,27)/t13-/m1/s1. The Morgan fingerprint density at radius 1 is 1.29 bits per heavy atom. The average molecular weight is 395 g/mol. The fourth-order valence-corrected chi connectivity index (χ4v) is 4.05. The normalized spacial score (nSPS) is 12.4. The first-order chi connectivity index (χ1) is 13.4. The van der Waals surface area contributed by atoms with E-state index in [1.54, 1.807) is 16.0 Å². The Hall–Kier alpha value is -3.00. The number of aryl methyl sites for hydroxylation is 3. The first-order valence-electron chi connectivity index (χ1n) is 9.11. The summed E-state index contributed by atoms with van der Waals surface area (Å²) in [5, 5.41) is 14.7. The Bertz CT molecular complexity index is 1140. The smallest absolute Gasteiger partial charge is 0.252 e. The summed E-state index contributed by atoms with van der Waals surface area (Å²) in [5.74, 6) is -0.127. The predicted molar refractivity (Wildman–Crippen MR) is 110 cm³/mol. The molecular weight excluding hydrogens is 372 g/mol. The molecule has 28 heavy (non-hydrogen) atoms. The van der Waals surface area contributed by atoms with Crippen LogP contribution in [-0.4, -0.2) is 36.5 Å². The van der Waals surface area contributed by atoms with Gasteiger partial charge in [-0.25, -0.2) is 4.98 Å². The largest absolute Gasteiger partial charge is 0.348 e. The molecule has 0 aromatic carbocycles. The van der Waals surface area contributed by atoms with Crippen LogP contribution in [0.3, 0.4) is 0 Å². The second-order valence-corrected chi connectivity index (χ2v) is 7.94. The monoisotopic (exact) mass is 394 g/mol. The zero-order chi connectivity index (χ0) is 19.8. The van der Waals surface area contributed by atoms with Crippen molar-refractivity contribution in [3.63, 3.8) is 0 Å². The summed E-state index contributed by atoms with van der Waals surface area (Å²) in [6, 6.07) is 7.73. The Morgan fingerprint density at radius 3 is 2.79 bits per heavy atom. The number of amides is 1. The van der Waals surface area contributed by atoms with E-state index >= 15 is 0 Å². The maximum Gasteiger partial charge on any atom is 0.252 e. The molecule has 4 rings (SSSR count). The van der Waals surface area contributed by atoms with Crippen LogP contribution in [0.15, 0.2) is 35.8 Å². The molecule has 0 saturated carbocycles. The Labute approximate surface area is 167 Å². The first-order valence-corrected chi connectivity index (χ1v) is 9.99. The van der Waals surface area contributed by atoms with E-state index in [0.29, 0.717) is 17.8 Å². The van der Waals surface area contributed by atoms with Crippen LogP contribution < -0.4 is 5.32 Å². The highest BCUT2D eigenvalue weighted by Crippen LogP contribution is 2.29. The molecule has 0 radical (unpaired) electrons. The summed E-state index contributed by atoms with van der Waals surface area (Å²) in [6.07, 6.45) is 1.92. The van der Waals surface area contributed by atoms with Crippen LogP contribution in [0.25, 0.3) is 21.6 Å². The van der Waals surface area contributed by atoms with E-state index in [1.165, 1.54) is 0 Å². The van der Waals surface area contributed by atoms with Crippen LogP contribution in [0.5, 0.6) is 0 Å². The predicted octanol–water partition coefficient (Wildman–Crippen LogP) is 3.33. The number of rotatable bonds is 5. The highest BCUT2D eigenvalue weighted by molar-refractivity contribution is 7.13. The van der Waals surface area contributed by atoms with Crippen LogP contribution >= 0.6 is 11.3 Å². The molecule has 8 heteroatoms. The van der Waals surface area contributed by atoms with Crippen molar-refractivity contribution < 1.29 is 4.79 Å². The molecule has 0 bridgehead atoms. The van der Waals surface area contributed by atoms with E-state index in [-0.39, 0.29) is 11.9 Å². The quantitative estimate of drug-likeness (QED) is 0.563. The number of fused-ring (bicyclic) bond motifs is 1. The summed E-state index contributed by atoms with van der Waals surface area (Å²) in [4.78, 5) is 18.9. The fourth-order valence-electron chi connectivity index (χ4n) is 3.37. The first kappa shape index (κ1) is 18.4. The van der Waals surface area contributed by atoms with Crippen molar-refractivity contribution in [1.29, 1.82) is 0 Å². The van der Waals surface area contributed by atoms with Gasteiger partial charge in [-0.15, -0.1) is 11.3 Å². The van der Waals surface area contributed by atoms with Gasteiger partial charge >= 0.3 is 0 Å². The summed E-state index contributed by atoms with van der Waals surface area (Å²) in [5.41, 5.74) is 3.85. The molecule has 1 atom stereocenters. The number of pyridine rings is 1. The Kier molecular flexibility index (Phi) is 4.72. The number of carbonyl (C=O) groups is 1. The van der Waals surface area contributed by atoms with Gasteiger partial charge in [-0.1, -0.05) is 6.07 Å². The van der Waals surface area contributed by atoms with E-state index < -0.39 is 0 Å². The second kappa shape index (κ2) is 7.20. The number of carbonyl (C=O) groups excluding carboxylic acids is 1. The van der Waals surface area contributed by atoms with Gasteiger partial charge in [0, 0.05) is 19.3 Å². The zero-order valence-corrected chi connectivity index (χ0v) is 17.1. The van der Waals surface area contributed by atoms with E-state index in [4.69, 9.17) is 4.98 Å². The molecule has 0 spiro atoms. The molecule has 4 aromatic heterocycles. The third-order valence-corrected chi connectivity index (χ3v) is 5.49. The van der Waals surface area contributed by atoms with Gasteiger partial charge in [0.1, 0.15) is 0 Å². The van der Waals surface area contributed by atoms with Gasteiger partial charge in [-0.3, -0.25) is 14.2 Å². The summed E-state index contributed by atoms with van der Waals surface area (Å²) < 4.78 is 3.57. The van der Waals surface area contributed by atoms with Gasteiger partial charge < -0.3 is 5.32 Å². The molecule has 7 nitrogen and oxygen atoms in total. The van der Waals surface area contributed by atoms with Crippen LogP contribution in [0.1, 0.15) is 28.7 Å². The summed E-state index contributed by atoms with van der Waals surface area (Å²) in [6.45, 7) is 6.44. The van der Waals surface area contributed by atoms with Crippen molar-refractivity contribution in [2.24, 2.45) is 7.05 Å². The molecule has 0 fully saturated rings. The number of thiophene rings is 1. The maximum absolute atomic E-state index is 13.1. The minimum Gasteiger partial charge on any atom is -0.348 e. The third-order valence-electron chi connectivity index (χ3n) is 4.60. The topological polar surface area (TPSA) is 77.6 Å². The van der Waals surface area contributed by atoms with Crippen LogP contribution in [0.2, 0.25) is 0 Å². The molecular formula is C20H22N6OS. The third kappa shape index (κ3) is 3.43. The lowest BCUT2D eigenvalue weighted by Crippen LogP contribution is -2.36. The van der Waals surface area contributed by atoms with Crippen molar-refractivity contribution in [1.82, 2.24) is 29.9 Å². The lowest BCUT2D eigenvalue weighted by Gasteiger charge is -2.15. The molecule has 0 unspecified atom stereocenters. The van der Waals surface area contributed by atoms with Gasteiger partial charge in [0.25, 0.3) is 5.91 Å². The molecule has 1 amide bonds. The molecule has 4 aromatic rings. The van der Waals surface area contributed by atoms with Gasteiger partial charge in [0.05, 0.1) is 39.5 Å². The average Bonchev–Trinajstić information content (AvgIpc) is 3.37. The van der Waals surface area contributed by atoms with Crippen molar-refractivity contribution in [3.05, 3.63) is 52.8 Å². The van der Waals surface area contributed by atoms with Gasteiger partial charge in [0.2, 0.25) is 0 Å². The molecule has 0 aliphatic heterocycles. The van der Waals surface area contributed by atoms with Crippen LogP contribution in [0.4, 0.5) is 0 Å². The molecule has 0 saturated heterocycles. The van der Waals surface area contributed by atoms with Crippen molar-refractivity contribution >= 4 is 28.3 Å². The van der Waals surface area contributed by atoms with E-state index in [9.17, 15) is 4.79 Å². The van der Waals surface area contributed by atoms with E-state index in [0.717, 1.165) is 27.3 Å². The molecule has 1 N–H and O–H groups in total. The molecule has 0 aliphatic rings. The minimum atomic E-state index is -0.127. The lowest BCUT2D eigenvalue weighted by molar-refractivity contribution is 0.0937. The van der Waals surface area contributed by atoms with Gasteiger partial charge in [-0.05, 0) is 44.4 Å². The van der Waals surface area contributed by atoms with Crippen LogP contribution in [-0.2, 0) is 13.6 Å². The number of nitrogens with zero attached hydrogens (tertiary/aromatic N) is 5. The Morgan fingerprint density at radius 2 is 2.11 bits per heavy atom. The lowest BCUT2D eigenvalue weighted by atomic mass is 10.1. The highest BCUT2D eigenvalue weighted by Gasteiger charge is 2.20. The highest BCUT2D eigenvalue weighted by atomic mass is 32.1. The van der Waals surface area contributed by atoms with Gasteiger partial charge in [-0.2, -0.15) is 10.2 Å². The van der Waals surface area contributed by atoms with Crippen molar-refractivity contribution in [2.75, 3.05) is 0 Å². The number of nitrogens with one attached hydrogen (secondary N) is 1. The SMILES string of the molecule is Cc1ccn(C[C@@H](C)NC(=O)c2cc(-c3cccs3)nc3c2c(C)nn3C)n1. The number of hydrogen-bond acceptors (Lipinski definition) is 5. The van der Waals surface area contributed by atoms with Crippen molar-refractivity contribution in [2.45, 2.75) is 33.4 Å². The molecule has 0 aliphatic carbocycles. The maximum atomic E-state index is 13.1. The fraction of sp³-hybridized carbons (Fsp3) is 0.300. The van der Waals surface area contributed by atoms with Gasteiger partial charge in [0.15, 0.2) is 5.65 Å². The van der Waals surface area contributed by atoms with Crippen LogP contribution in [0, 0.1) is 13.8 Å². The van der Waals surface area contributed by atoms with Crippen molar-refractivity contribution in [3.8, 4) is 10.6 Å². The number of hydrogen-bond donors (Lipinski definition) is 1. The molecule has 4 heterocycles. The minimum absolute atomic E-state index is 0.0721. The second-order valence-electron chi connectivity index (χ2n) is 6.99. The number of aromatic nitrogens is 5. The summed E-state index contributed by atoms with van der Waals surface area (Å²) in [7, 11) is 1.85. The summed E-state index contributed by atoms with van der Waals surface area (Å²) >= 11 is 1.60. The van der Waals surface area contributed by atoms with E-state index in [2.05, 4.69) is 15.5 Å². The zero-order valence-electron chi connectivity index (χ0n) is 16.3. The Balaban J connectivity index is 1.69.